The highest BCUT2D eigenvalue weighted by atomic mass is 35.5. The maximum atomic E-state index is 6.01. The van der Waals surface area contributed by atoms with Crippen molar-refractivity contribution in [3.63, 3.8) is 0 Å². The molecule has 0 unspecified atom stereocenters. The van der Waals surface area contributed by atoms with Gasteiger partial charge in [-0.25, -0.2) is 0 Å². The Morgan fingerprint density at radius 2 is 2.24 bits per heavy atom. The van der Waals surface area contributed by atoms with E-state index in [1.807, 2.05) is 30.0 Å². The van der Waals surface area contributed by atoms with Crippen LogP contribution in [0.4, 0.5) is 5.69 Å². The van der Waals surface area contributed by atoms with Crippen molar-refractivity contribution in [3.8, 4) is 0 Å². The maximum absolute atomic E-state index is 6.01. The van der Waals surface area contributed by atoms with E-state index >= 15 is 0 Å². The summed E-state index contributed by atoms with van der Waals surface area (Å²) >= 11 is 8.06. The van der Waals surface area contributed by atoms with Gasteiger partial charge in [0.1, 0.15) is 0 Å². The van der Waals surface area contributed by atoms with E-state index in [1.54, 1.807) is 0 Å². The molecule has 0 aromatic heterocycles. The van der Waals surface area contributed by atoms with Crippen molar-refractivity contribution in [1.29, 1.82) is 0 Å². The van der Waals surface area contributed by atoms with Crippen LogP contribution in [0.5, 0.6) is 0 Å². The van der Waals surface area contributed by atoms with Gasteiger partial charge in [0.2, 0.25) is 0 Å². The van der Waals surface area contributed by atoms with Crippen LogP contribution in [-0.2, 0) is 6.54 Å². The first-order valence-corrected chi connectivity index (χ1v) is 7.23. The van der Waals surface area contributed by atoms with Crippen LogP contribution in [0.15, 0.2) is 18.2 Å². The highest BCUT2D eigenvalue weighted by Gasteiger charge is 2.27. The Labute approximate surface area is 113 Å². The summed E-state index contributed by atoms with van der Waals surface area (Å²) < 4.78 is 0.339. The zero-order valence-electron chi connectivity index (χ0n) is 10.4. The van der Waals surface area contributed by atoms with E-state index in [9.17, 15) is 0 Å². The van der Waals surface area contributed by atoms with E-state index in [-0.39, 0.29) is 0 Å². The van der Waals surface area contributed by atoms with E-state index < -0.39 is 0 Å². The summed E-state index contributed by atoms with van der Waals surface area (Å²) in [6.45, 7) is 7.72. The van der Waals surface area contributed by atoms with Crippen molar-refractivity contribution in [1.82, 2.24) is 4.90 Å². The SMILES string of the molecule is CC1(C)CN(Cc2cc(Cl)ccc2N)CCS1. The molecule has 0 amide bonds. The van der Waals surface area contributed by atoms with Crippen LogP contribution in [0.1, 0.15) is 19.4 Å². The van der Waals surface area contributed by atoms with Gasteiger partial charge in [-0.3, -0.25) is 4.90 Å². The first kappa shape index (κ1) is 13.1. The van der Waals surface area contributed by atoms with E-state index in [4.69, 9.17) is 17.3 Å². The number of hydrogen-bond acceptors (Lipinski definition) is 3. The topological polar surface area (TPSA) is 29.3 Å². The van der Waals surface area contributed by atoms with Gasteiger partial charge in [0, 0.05) is 40.8 Å². The van der Waals surface area contributed by atoms with Gasteiger partial charge in [0.05, 0.1) is 0 Å². The van der Waals surface area contributed by atoms with Crippen LogP contribution in [0.2, 0.25) is 5.02 Å². The number of thioether (sulfide) groups is 1. The molecule has 17 heavy (non-hydrogen) atoms. The third-order valence-corrected chi connectivity index (χ3v) is 4.54. The second-order valence-electron chi connectivity index (χ2n) is 5.16. The van der Waals surface area contributed by atoms with Gasteiger partial charge in [0.25, 0.3) is 0 Å². The van der Waals surface area contributed by atoms with Crippen molar-refractivity contribution < 1.29 is 0 Å². The summed E-state index contributed by atoms with van der Waals surface area (Å²) in [6, 6.07) is 5.71. The summed E-state index contributed by atoms with van der Waals surface area (Å²) in [5.74, 6) is 1.19. The van der Waals surface area contributed by atoms with Crippen LogP contribution >= 0.6 is 23.4 Å². The van der Waals surface area contributed by atoms with Gasteiger partial charge in [-0.05, 0) is 37.6 Å². The number of anilines is 1. The van der Waals surface area contributed by atoms with Crippen molar-refractivity contribution >= 4 is 29.1 Å². The summed E-state index contributed by atoms with van der Waals surface area (Å²) in [5, 5.41) is 0.764. The van der Waals surface area contributed by atoms with Crippen LogP contribution in [-0.4, -0.2) is 28.5 Å². The maximum Gasteiger partial charge on any atom is 0.0410 e. The summed E-state index contributed by atoms with van der Waals surface area (Å²) in [7, 11) is 0. The summed E-state index contributed by atoms with van der Waals surface area (Å²) in [5.41, 5.74) is 7.96. The minimum atomic E-state index is 0.339. The molecular weight excluding hydrogens is 252 g/mol. The molecule has 1 aliphatic heterocycles. The van der Waals surface area contributed by atoms with Gasteiger partial charge in [0.15, 0.2) is 0 Å². The van der Waals surface area contributed by atoms with Gasteiger partial charge in [-0.15, -0.1) is 0 Å². The Morgan fingerprint density at radius 1 is 1.47 bits per heavy atom. The molecule has 4 heteroatoms. The molecule has 2 nitrogen and oxygen atoms in total. The molecule has 1 fully saturated rings. The average molecular weight is 271 g/mol. The third-order valence-electron chi connectivity index (χ3n) is 3.00. The lowest BCUT2D eigenvalue weighted by atomic mass is 10.1. The van der Waals surface area contributed by atoms with Gasteiger partial charge in [-0.1, -0.05) is 11.6 Å². The molecule has 1 aliphatic rings. The number of halogens is 1. The second-order valence-corrected chi connectivity index (χ2v) is 7.40. The molecule has 0 saturated carbocycles. The van der Waals surface area contributed by atoms with Gasteiger partial charge >= 0.3 is 0 Å². The molecule has 1 heterocycles. The molecule has 2 rings (SSSR count). The predicted octanol–water partition coefficient (Wildman–Crippen LogP) is 3.25. The van der Waals surface area contributed by atoms with Crippen LogP contribution in [0.25, 0.3) is 0 Å². The fourth-order valence-corrected chi connectivity index (χ4v) is 3.57. The Hall–Kier alpha value is -0.380. The lowest BCUT2D eigenvalue weighted by molar-refractivity contribution is 0.253. The molecular formula is C13H19ClN2S. The van der Waals surface area contributed by atoms with E-state index in [0.717, 1.165) is 35.9 Å². The first-order valence-electron chi connectivity index (χ1n) is 5.86. The first-order chi connectivity index (χ1) is 7.96. The minimum absolute atomic E-state index is 0.339. The van der Waals surface area contributed by atoms with E-state index in [0.29, 0.717) is 4.75 Å². The Morgan fingerprint density at radius 3 is 2.94 bits per heavy atom. The monoisotopic (exact) mass is 270 g/mol. The number of hydrogen-bond donors (Lipinski definition) is 1. The molecule has 1 saturated heterocycles. The number of nitrogens with zero attached hydrogens (tertiary/aromatic N) is 1. The van der Waals surface area contributed by atoms with Gasteiger partial charge < -0.3 is 5.73 Å². The van der Waals surface area contributed by atoms with E-state index in [2.05, 4.69) is 18.7 Å². The van der Waals surface area contributed by atoms with Crippen molar-refractivity contribution in [2.75, 3.05) is 24.6 Å². The molecule has 0 bridgehead atoms. The highest BCUT2D eigenvalue weighted by Crippen LogP contribution is 2.31. The predicted molar refractivity (Wildman–Crippen MR) is 77.7 cm³/mol. The smallest absolute Gasteiger partial charge is 0.0410 e. The van der Waals surface area contributed by atoms with Crippen molar-refractivity contribution in [2.24, 2.45) is 0 Å². The molecule has 94 valence electrons. The molecule has 0 aliphatic carbocycles. The third kappa shape index (κ3) is 3.54. The lowest BCUT2D eigenvalue weighted by Gasteiger charge is -2.37. The fraction of sp³-hybridized carbons (Fsp3) is 0.538. The summed E-state index contributed by atoms with van der Waals surface area (Å²) in [4.78, 5) is 2.46. The quantitative estimate of drug-likeness (QED) is 0.837. The molecule has 2 N–H and O–H groups in total. The molecule has 0 spiro atoms. The van der Waals surface area contributed by atoms with Crippen molar-refractivity contribution in [2.45, 2.75) is 25.1 Å². The Bertz CT molecular complexity index is 406. The standard InChI is InChI=1S/C13H19ClN2S/c1-13(2)9-16(5-6-17-13)8-10-7-11(14)3-4-12(10)15/h3-4,7H,5-6,8-9,15H2,1-2H3. The van der Waals surface area contributed by atoms with Crippen LogP contribution in [0.3, 0.4) is 0 Å². The Balaban J connectivity index is 2.07. The molecule has 0 atom stereocenters. The normalized spacial score (nSPS) is 20.4. The zero-order valence-corrected chi connectivity index (χ0v) is 11.9. The highest BCUT2D eigenvalue weighted by molar-refractivity contribution is 8.00. The lowest BCUT2D eigenvalue weighted by Crippen LogP contribution is -2.42. The number of benzene rings is 1. The Kier molecular flexibility index (Phi) is 3.91. The molecule has 1 aromatic rings. The minimum Gasteiger partial charge on any atom is -0.398 e. The number of rotatable bonds is 2. The zero-order chi connectivity index (χ0) is 12.5. The largest absolute Gasteiger partial charge is 0.398 e. The summed E-state index contributed by atoms with van der Waals surface area (Å²) in [6.07, 6.45) is 0. The average Bonchev–Trinajstić information content (AvgIpc) is 2.22. The van der Waals surface area contributed by atoms with Crippen LogP contribution in [0, 0.1) is 0 Å². The molecule has 0 radical (unpaired) electrons. The van der Waals surface area contributed by atoms with Crippen molar-refractivity contribution in [3.05, 3.63) is 28.8 Å². The number of nitrogens with two attached hydrogens (primary N) is 1. The second kappa shape index (κ2) is 5.09. The number of nitrogen functional groups attached to an aromatic ring is 1. The van der Waals surface area contributed by atoms with Crippen LogP contribution < -0.4 is 5.73 Å². The van der Waals surface area contributed by atoms with Gasteiger partial charge in [-0.2, -0.15) is 11.8 Å². The molecule has 1 aromatic carbocycles. The van der Waals surface area contributed by atoms with E-state index in [1.165, 1.54) is 5.75 Å². The fourth-order valence-electron chi connectivity index (χ4n) is 2.20.